The quantitative estimate of drug-likeness (QED) is 0.418. The number of hydrogen-bond acceptors (Lipinski definition) is 3. The van der Waals surface area contributed by atoms with Gasteiger partial charge in [0.05, 0.1) is 6.61 Å². The maximum atomic E-state index is 5.64. The van der Waals surface area contributed by atoms with Crippen molar-refractivity contribution >= 4 is 29.9 Å². The second-order valence-electron chi connectivity index (χ2n) is 7.44. The summed E-state index contributed by atoms with van der Waals surface area (Å²) in [5.41, 5.74) is 0.404. The fourth-order valence-electron chi connectivity index (χ4n) is 4.15. The van der Waals surface area contributed by atoms with E-state index in [1.807, 2.05) is 0 Å². The summed E-state index contributed by atoms with van der Waals surface area (Å²) in [6.45, 7) is 10.6. The fourth-order valence-corrected chi connectivity index (χ4v) is 4.15. The first kappa shape index (κ1) is 19.2. The number of ether oxygens (including phenoxy) is 1. The van der Waals surface area contributed by atoms with E-state index in [2.05, 4.69) is 29.1 Å². The van der Waals surface area contributed by atoms with Gasteiger partial charge in [-0.15, -0.1) is 24.0 Å². The average molecular weight is 436 g/mol. The van der Waals surface area contributed by atoms with Gasteiger partial charge in [0.1, 0.15) is 0 Å². The van der Waals surface area contributed by atoms with E-state index in [1.54, 1.807) is 0 Å². The molecule has 3 rings (SSSR count). The molecule has 2 atom stereocenters. The molecule has 3 heterocycles. The minimum Gasteiger partial charge on any atom is -0.381 e. The number of guanidine groups is 1. The molecule has 6 heteroatoms. The normalized spacial score (nSPS) is 32.3. The van der Waals surface area contributed by atoms with Crippen LogP contribution in [0.15, 0.2) is 4.99 Å². The van der Waals surface area contributed by atoms with E-state index in [0.29, 0.717) is 5.41 Å². The van der Waals surface area contributed by atoms with E-state index in [-0.39, 0.29) is 24.0 Å². The number of nitrogens with zero attached hydrogens (tertiary/aromatic N) is 3. The zero-order valence-corrected chi connectivity index (χ0v) is 17.1. The lowest BCUT2D eigenvalue weighted by molar-refractivity contribution is 0.156. The third kappa shape index (κ3) is 4.95. The predicted molar refractivity (Wildman–Crippen MR) is 106 cm³/mol. The molecule has 134 valence electrons. The Bertz CT molecular complexity index is 398. The van der Waals surface area contributed by atoms with Gasteiger partial charge < -0.3 is 19.9 Å². The Labute approximate surface area is 158 Å². The van der Waals surface area contributed by atoms with Crippen molar-refractivity contribution in [2.45, 2.75) is 32.6 Å². The van der Waals surface area contributed by atoms with Crippen molar-refractivity contribution < 1.29 is 4.74 Å². The molecule has 0 aromatic heterocycles. The second-order valence-corrected chi connectivity index (χ2v) is 7.44. The molecule has 0 radical (unpaired) electrons. The highest BCUT2D eigenvalue weighted by Crippen LogP contribution is 2.38. The van der Waals surface area contributed by atoms with Crippen molar-refractivity contribution in [3.05, 3.63) is 0 Å². The molecule has 3 aliphatic rings. The van der Waals surface area contributed by atoms with Crippen LogP contribution in [0, 0.1) is 11.3 Å². The van der Waals surface area contributed by atoms with E-state index in [0.717, 1.165) is 51.3 Å². The Kier molecular flexibility index (Phi) is 7.41. The summed E-state index contributed by atoms with van der Waals surface area (Å²) in [5.74, 6) is 1.85. The minimum absolute atomic E-state index is 0. The van der Waals surface area contributed by atoms with Crippen molar-refractivity contribution in [2.24, 2.45) is 16.3 Å². The maximum absolute atomic E-state index is 5.64. The number of hydrogen-bond donors (Lipinski definition) is 1. The number of likely N-dealkylation sites (tertiary alicyclic amines) is 2. The molecule has 0 amide bonds. The Morgan fingerprint density at radius 3 is 2.91 bits per heavy atom. The largest absolute Gasteiger partial charge is 0.381 e. The highest BCUT2D eigenvalue weighted by atomic mass is 127. The molecule has 3 aliphatic heterocycles. The maximum Gasteiger partial charge on any atom is 0.193 e. The SMILES string of the molecule is CCNC(=NCC1CCCN(C)C1)N1CCC2(CCOC2)C1.I. The number of piperidine rings is 1. The lowest BCUT2D eigenvalue weighted by Crippen LogP contribution is -2.42. The van der Waals surface area contributed by atoms with Gasteiger partial charge in [-0.25, -0.2) is 0 Å². The lowest BCUT2D eigenvalue weighted by atomic mass is 9.87. The van der Waals surface area contributed by atoms with Crippen molar-refractivity contribution in [3.8, 4) is 0 Å². The average Bonchev–Trinajstić information content (AvgIpc) is 3.14. The van der Waals surface area contributed by atoms with Gasteiger partial charge in [0.2, 0.25) is 0 Å². The number of nitrogens with one attached hydrogen (secondary N) is 1. The van der Waals surface area contributed by atoms with Gasteiger partial charge in [-0.3, -0.25) is 4.99 Å². The number of halogens is 1. The van der Waals surface area contributed by atoms with Gasteiger partial charge in [0.25, 0.3) is 0 Å². The molecule has 0 bridgehead atoms. The summed E-state index contributed by atoms with van der Waals surface area (Å²) < 4.78 is 5.64. The van der Waals surface area contributed by atoms with Crippen molar-refractivity contribution in [1.82, 2.24) is 15.1 Å². The van der Waals surface area contributed by atoms with Crippen LogP contribution in [0.2, 0.25) is 0 Å². The van der Waals surface area contributed by atoms with Crippen LogP contribution < -0.4 is 5.32 Å². The molecule has 23 heavy (non-hydrogen) atoms. The van der Waals surface area contributed by atoms with Crippen LogP contribution in [0.1, 0.15) is 32.6 Å². The van der Waals surface area contributed by atoms with Crippen molar-refractivity contribution in [3.63, 3.8) is 0 Å². The summed E-state index contributed by atoms with van der Waals surface area (Å²) in [4.78, 5) is 9.88. The number of aliphatic imine (C=N–C) groups is 1. The Morgan fingerprint density at radius 2 is 2.22 bits per heavy atom. The van der Waals surface area contributed by atoms with Gasteiger partial charge in [-0.2, -0.15) is 0 Å². The van der Waals surface area contributed by atoms with E-state index < -0.39 is 0 Å². The summed E-state index contributed by atoms with van der Waals surface area (Å²) in [6, 6.07) is 0. The summed E-state index contributed by atoms with van der Waals surface area (Å²) in [6.07, 6.45) is 5.11. The highest BCUT2D eigenvalue weighted by molar-refractivity contribution is 14.0. The zero-order valence-electron chi connectivity index (χ0n) is 14.7. The van der Waals surface area contributed by atoms with Gasteiger partial charge in [-0.1, -0.05) is 0 Å². The highest BCUT2D eigenvalue weighted by Gasteiger charge is 2.42. The number of rotatable bonds is 3. The lowest BCUT2D eigenvalue weighted by Gasteiger charge is -2.29. The Balaban J connectivity index is 0.00000192. The Morgan fingerprint density at radius 1 is 1.35 bits per heavy atom. The van der Waals surface area contributed by atoms with Crippen molar-refractivity contribution in [1.29, 1.82) is 0 Å². The molecular weight excluding hydrogens is 403 g/mol. The molecule has 0 aromatic rings. The van der Waals surface area contributed by atoms with Gasteiger partial charge >= 0.3 is 0 Å². The summed E-state index contributed by atoms with van der Waals surface area (Å²) in [7, 11) is 2.23. The van der Waals surface area contributed by atoms with E-state index in [4.69, 9.17) is 9.73 Å². The molecule has 3 saturated heterocycles. The molecule has 1 N–H and O–H groups in total. The fraction of sp³-hybridized carbons (Fsp3) is 0.941. The van der Waals surface area contributed by atoms with Crippen LogP contribution >= 0.6 is 24.0 Å². The summed E-state index contributed by atoms with van der Waals surface area (Å²) in [5, 5.41) is 3.50. The molecule has 2 unspecified atom stereocenters. The first-order valence-electron chi connectivity index (χ1n) is 9.00. The molecule has 0 saturated carbocycles. The molecular formula is C17H33IN4O. The van der Waals surface area contributed by atoms with Crippen LogP contribution in [0.3, 0.4) is 0 Å². The van der Waals surface area contributed by atoms with Crippen LogP contribution in [0.4, 0.5) is 0 Å². The first-order chi connectivity index (χ1) is 10.7. The Hall–Kier alpha value is -0.0800. The van der Waals surface area contributed by atoms with Gasteiger partial charge in [0.15, 0.2) is 5.96 Å². The third-order valence-corrected chi connectivity index (χ3v) is 5.48. The van der Waals surface area contributed by atoms with Crippen LogP contribution in [-0.4, -0.2) is 75.3 Å². The topological polar surface area (TPSA) is 40.1 Å². The third-order valence-electron chi connectivity index (χ3n) is 5.48. The van der Waals surface area contributed by atoms with Crippen LogP contribution in [-0.2, 0) is 4.74 Å². The summed E-state index contributed by atoms with van der Waals surface area (Å²) >= 11 is 0. The van der Waals surface area contributed by atoms with Crippen LogP contribution in [0.25, 0.3) is 0 Å². The predicted octanol–water partition coefficient (Wildman–Crippen LogP) is 2.02. The molecule has 0 aliphatic carbocycles. The van der Waals surface area contributed by atoms with Gasteiger partial charge in [0, 0.05) is 44.7 Å². The van der Waals surface area contributed by atoms with Crippen LogP contribution in [0.5, 0.6) is 0 Å². The smallest absolute Gasteiger partial charge is 0.193 e. The van der Waals surface area contributed by atoms with Gasteiger partial charge in [-0.05, 0) is 52.1 Å². The zero-order chi connectivity index (χ0) is 15.4. The molecule has 0 aromatic carbocycles. The van der Waals surface area contributed by atoms with E-state index in [9.17, 15) is 0 Å². The minimum atomic E-state index is 0. The molecule has 1 spiro atoms. The molecule has 3 fully saturated rings. The standard InChI is InChI=1S/C17H32N4O.HI/c1-3-18-16(19-11-15-5-4-8-20(2)12-15)21-9-6-17(13-21)7-10-22-14-17;/h15H,3-14H2,1-2H3,(H,18,19);1H. The van der Waals surface area contributed by atoms with Crippen molar-refractivity contribution in [2.75, 3.05) is 59.5 Å². The van der Waals surface area contributed by atoms with E-state index in [1.165, 1.54) is 38.8 Å². The monoisotopic (exact) mass is 436 g/mol. The van der Waals surface area contributed by atoms with E-state index >= 15 is 0 Å². The second kappa shape index (κ2) is 8.85. The first-order valence-corrected chi connectivity index (χ1v) is 9.00. The molecule has 5 nitrogen and oxygen atoms in total.